The topological polar surface area (TPSA) is 101 Å². The maximum atomic E-state index is 13.8. The number of nitrogens with one attached hydrogen (secondary N) is 2. The Kier molecular flexibility index (Phi) is 7.93. The summed E-state index contributed by atoms with van der Waals surface area (Å²) in [7, 11) is 0. The number of hydrogen-bond donors (Lipinski definition) is 2. The second kappa shape index (κ2) is 10.4. The van der Waals surface area contributed by atoms with Crippen molar-refractivity contribution in [3.05, 3.63) is 52.4 Å². The van der Waals surface area contributed by atoms with Crippen LogP contribution >= 0.6 is 11.6 Å². The van der Waals surface area contributed by atoms with Gasteiger partial charge in [-0.15, -0.1) is 0 Å². The fourth-order valence-electron chi connectivity index (χ4n) is 4.19. The Morgan fingerprint density at radius 3 is 2.53 bits per heavy atom. The molecule has 0 aliphatic carbocycles. The Labute approximate surface area is 215 Å². The van der Waals surface area contributed by atoms with Crippen LogP contribution in [0.5, 0.6) is 0 Å². The van der Waals surface area contributed by atoms with Gasteiger partial charge in [-0.05, 0) is 82.7 Å². The zero-order valence-corrected chi connectivity index (χ0v) is 22.1. The number of carbonyl (C=O) groups excluding carboxylic acids is 3. The van der Waals surface area contributed by atoms with Crippen molar-refractivity contribution in [3.8, 4) is 0 Å². The van der Waals surface area contributed by atoms with E-state index in [-0.39, 0.29) is 16.8 Å². The molecule has 0 saturated carbocycles. The van der Waals surface area contributed by atoms with Gasteiger partial charge in [-0.2, -0.15) is 0 Å². The van der Waals surface area contributed by atoms with Gasteiger partial charge in [-0.1, -0.05) is 24.6 Å². The lowest BCUT2D eigenvalue weighted by Gasteiger charge is -2.47. The van der Waals surface area contributed by atoms with E-state index in [1.54, 1.807) is 39.8 Å². The van der Waals surface area contributed by atoms with Crippen LogP contribution in [0.25, 0.3) is 0 Å². The Hall–Kier alpha value is -3.20. The van der Waals surface area contributed by atoms with Crippen LogP contribution in [0.2, 0.25) is 5.02 Å². The van der Waals surface area contributed by atoms with E-state index >= 15 is 0 Å². The number of rotatable bonds is 3. The fourth-order valence-corrected chi connectivity index (χ4v) is 4.37. The third-order valence-electron chi connectivity index (χ3n) is 6.15. The lowest BCUT2D eigenvalue weighted by molar-refractivity contribution is -0.150. The summed E-state index contributed by atoms with van der Waals surface area (Å²) >= 11 is 6.01. The van der Waals surface area contributed by atoms with Crippen molar-refractivity contribution in [3.63, 3.8) is 0 Å². The first-order chi connectivity index (χ1) is 16.7. The number of anilines is 2. The molecule has 1 saturated heterocycles. The van der Waals surface area contributed by atoms with Gasteiger partial charge in [0.1, 0.15) is 17.2 Å². The van der Waals surface area contributed by atoms with Gasteiger partial charge < -0.3 is 15.0 Å². The molecule has 0 bridgehead atoms. The van der Waals surface area contributed by atoms with Crippen LogP contribution in [0.1, 0.15) is 58.6 Å². The summed E-state index contributed by atoms with van der Waals surface area (Å²) in [5, 5.41) is 5.13. The monoisotopic (exact) mass is 518 g/mol. The van der Waals surface area contributed by atoms with E-state index in [4.69, 9.17) is 16.3 Å². The molecule has 1 fully saturated rings. The number of piperidine rings is 1. The molecule has 1 aromatic carbocycles. The second-order valence-corrected chi connectivity index (χ2v) is 10.8. The summed E-state index contributed by atoms with van der Waals surface area (Å²) < 4.78 is 19.0. The van der Waals surface area contributed by atoms with E-state index in [1.165, 1.54) is 23.2 Å². The predicted molar refractivity (Wildman–Crippen MR) is 136 cm³/mol. The van der Waals surface area contributed by atoms with Gasteiger partial charge in [0.25, 0.3) is 0 Å². The Morgan fingerprint density at radius 2 is 1.92 bits per heavy atom. The van der Waals surface area contributed by atoms with E-state index in [0.717, 1.165) is 6.42 Å². The van der Waals surface area contributed by atoms with E-state index in [0.29, 0.717) is 29.8 Å². The molecule has 194 valence electrons. The molecule has 0 spiro atoms. The number of benzene rings is 1. The highest BCUT2D eigenvalue weighted by molar-refractivity contribution is 6.39. The SMILES string of the molecule is Cc1cc(NC(=O)C(=O)N2C[C@@H](C)CC[C@@]2(C)c2ccc(F)c(Cl)c2)cnc1NC(=O)OC(C)(C)C. The molecule has 2 atom stereocenters. The number of hydrogen-bond acceptors (Lipinski definition) is 5. The molecule has 0 unspecified atom stereocenters. The lowest BCUT2D eigenvalue weighted by atomic mass is 9.79. The molecule has 3 amide bonds. The summed E-state index contributed by atoms with van der Waals surface area (Å²) in [5.74, 6) is -1.61. The minimum Gasteiger partial charge on any atom is -0.444 e. The van der Waals surface area contributed by atoms with Crippen LogP contribution in [0.3, 0.4) is 0 Å². The van der Waals surface area contributed by atoms with E-state index in [9.17, 15) is 18.8 Å². The molecule has 0 radical (unpaired) electrons. The third kappa shape index (κ3) is 6.32. The van der Waals surface area contributed by atoms with Crippen molar-refractivity contribution in [1.82, 2.24) is 9.88 Å². The number of ether oxygens (including phenoxy) is 1. The molecule has 2 aromatic rings. The molecule has 8 nitrogen and oxygen atoms in total. The van der Waals surface area contributed by atoms with Crippen molar-refractivity contribution in [1.29, 1.82) is 0 Å². The smallest absolute Gasteiger partial charge is 0.413 e. The van der Waals surface area contributed by atoms with E-state index in [1.807, 2.05) is 13.8 Å². The van der Waals surface area contributed by atoms with Crippen molar-refractivity contribution in [2.45, 2.75) is 65.5 Å². The van der Waals surface area contributed by atoms with E-state index < -0.39 is 34.9 Å². The maximum Gasteiger partial charge on any atom is 0.413 e. The van der Waals surface area contributed by atoms with Crippen molar-refractivity contribution in [2.24, 2.45) is 5.92 Å². The quantitative estimate of drug-likeness (QED) is 0.512. The van der Waals surface area contributed by atoms with Crippen LogP contribution in [0.4, 0.5) is 20.7 Å². The highest BCUT2D eigenvalue weighted by atomic mass is 35.5. The Bertz CT molecular complexity index is 1180. The van der Waals surface area contributed by atoms with Crippen LogP contribution in [-0.4, -0.2) is 39.9 Å². The Balaban J connectivity index is 1.77. The van der Waals surface area contributed by atoms with Gasteiger partial charge in [0.05, 0.1) is 22.4 Å². The minimum absolute atomic E-state index is 0.0363. The number of aromatic nitrogens is 1. The molecule has 2 N–H and O–H groups in total. The highest BCUT2D eigenvalue weighted by Crippen LogP contribution is 2.40. The summed E-state index contributed by atoms with van der Waals surface area (Å²) in [6, 6.07) is 5.97. The highest BCUT2D eigenvalue weighted by Gasteiger charge is 2.43. The van der Waals surface area contributed by atoms with Crippen LogP contribution in [0, 0.1) is 18.7 Å². The van der Waals surface area contributed by atoms with Crippen LogP contribution < -0.4 is 10.6 Å². The molecule has 2 heterocycles. The summed E-state index contributed by atoms with van der Waals surface area (Å²) in [5.41, 5.74) is 0.0530. The maximum absolute atomic E-state index is 13.8. The summed E-state index contributed by atoms with van der Waals surface area (Å²) in [6.45, 7) is 11.2. The average molecular weight is 519 g/mol. The minimum atomic E-state index is -0.826. The first-order valence-electron chi connectivity index (χ1n) is 11.7. The number of carbonyl (C=O) groups is 3. The molecule has 10 heteroatoms. The largest absolute Gasteiger partial charge is 0.444 e. The second-order valence-electron chi connectivity index (χ2n) is 10.4. The average Bonchev–Trinajstić information content (AvgIpc) is 2.77. The zero-order chi connectivity index (χ0) is 26.8. The van der Waals surface area contributed by atoms with E-state index in [2.05, 4.69) is 15.6 Å². The molecule has 1 aliphatic heterocycles. The van der Waals surface area contributed by atoms with Crippen molar-refractivity contribution < 1.29 is 23.5 Å². The molecule has 1 aromatic heterocycles. The third-order valence-corrected chi connectivity index (χ3v) is 6.44. The number of halogens is 2. The van der Waals surface area contributed by atoms with Crippen LogP contribution in [-0.2, 0) is 19.9 Å². The molecule has 36 heavy (non-hydrogen) atoms. The van der Waals surface area contributed by atoms with Gasteiger partial charge in [0.15, 0.2) is 0 Å². The fraction of sp³-hybridized carbons (Fsp3) is 0.462. The predicted octanol–water partition coefficient (Wildman–Crippen LogP) is 5.64. The van der Waals surface area contributed by atoms with Gasteiger partial charge >= 0.3 is 17.9 Å². The summed E-state index contributed by atoms with van der Waals surface area (Å²) in [6.07, 6.45) is 2.14. The molecular formula is C26H32ClFN4O4. The van der Waals surface area contributed by atoms with Crippen molar-refractivity contribution in [2.75, 3.05) is 17.2 Å². The molecule has 3 rings (SSSR count). The lowest BCUT2D eigenvalue weighted by Crippen LogP contribution is -2.55. The van der Waals surface area contributed by atoms with Gasteiger partial charge in [0, 0.05) is 6.54 Å². The standard InChI is InChI=1S/C26H32ClFN4O4/c1-15-9-10-26(6,17-7-8-20(28)19(27)12-17)32(14-15)23(34)22(33)30-18-11-16(2)21(29-13-18)31-24(35)36-25(3,4)5/h7-8,11-13,15H,9-10,14H2,1-6H3,(H,30,33)(H,29,31,35)/t15-,26-/m0/s1. The zero-order valence-electron chi connectivity index (χ0n) is 21.4. The number of nitrogens with zero attached hydrogens (tertiary/aromatic N) is 2. The number of amides is 3. The molecule has 1 aliphatic rings. The Morgan fingerprint density at radius 1 is 1.22 bits per heavy atom. The normalized spacial score (nSPS) is 20.0. The molecular weight excluding hydrogens is 487 g/mol. The van der Waals surface area contributed by atoms with Gasteiger partial charge in [-0.3, -0.25) is 14.9 Å². The number of aryl methyl sites for hydroxylation is 1. The number of pyridine rings is 1. The first-order valence-corrected chi connectivity index (χ1v) is 12.1. The first kappa shape index (κ1) is 27.4. The van der Waals surface area contributed by atoms with Gasteiger partial charge in [0.2, 0.25) is 0 Å². The van der Waals surface area contributed by atoms with Gasteiger partial charge in [-0.25, -0.2) is 14.2 Å². The number of likely N-dealkylation sites (tertiary alicyclic amines) is 1. The summed E-state index contributed by atoms with van der Waals surface area (Å²) in [4.78, 5) is 44.0. The van der Waals surface area contributed by atoms with Crippen molar-refractivity contribution >= 4 is 41.0 Å². The van der Waals surface area contributed by atoms with Crippen LogP contribution in [0.15, 0.2) is 30.5 Å².